The van der Waals surface area contributed by atoms with E-state index in [9.17, 15) is 0 Å². The molecule has 2 aromatic heterocycles. The largest absolute Gasteiger partial charge is 0.490 e. The molecule has 10 aromatic rings. The van der Waals surface area contributed by atoms with Gasteiger partial charge in [-0.05, 0) is 128 Å². The first kappa shape index (κ1) is 34.5. The Morgan fingerprint density at radius 1 is 0.517 bits per heavy atom. The molecule has 0 radical (unpaired) electrons. The van der Waals surface area contributed by atoms with Gasteiger partial charge in [0.25, 0.3) is 5.52 Å². The van der Waals surface area contributed by atoms with Gasteiger partial charge < -0.3 is 4.74 Å². The summed E-state index contributed by atoms with van der Waals surface area (Å²) in [6, 6.07) is 69.0. The number of aryl methyl sites for hydroxylation is 1. The van der Waals surface area contributed by atoms with Crippen LogP contribution in [0.15, 0.2) is 194 Å². The molecule has 4 heteroatoms. The molecule has 4 nitrogen and oxygen atoms in total. The molecule has 0 aliphatic heterocycles. The number of pyridine rings is 1. The van der Waals surface area contributed by atoms with Crippen molar-refractivity contribution in [1.29, 1.82) is 0 Å². The van der Waals surface area contributed by atoms with Gasteiger partial charge in [0.1, 0.15) is 12.4 Å². The molecule has 2 heterocycles. The molecule has 284 valence electrons. The number of para-hydroxylation sites is 3. The number of benzene rings is 8. The molecule has 0 bridgehead atoms. The molecule has 0 saturated carbocycles. The van der Waals surface area contributed by atoms with E-state index in [2.05, 4.69) is 210 Å². The van der Waals surface area contributed by atoms with Crippen molar-refractivity contribution in [2.75, 3.05) is 7.11 Å². The average molecular weight is 771 g/mol. The van der Waals surface area contributed by atoms with Crippen molar-refractivity contribution in [3.05, 3.63) is 217 Å². The molecule has 8 aromatic carbocycles. The van der Waals surface area contributed by atoms with Gasteiger partial charge in [-0.25, -0.2) is 4.98 Å². The van der Waals surface area contributed by atoms with E-state index >= 15 is 0 Å². The average Bonchev–Trinajstić information content (AvgIpc) is 3.95. The summed E-state index contributed by atoms with van der Waals surface area (Å²) in [5, 5.41) is 1.18. The Bertz CT molecular complexity index is 3320. The number of imidazole rings is 1. The Hall–Kier alpha value is -7.56. The van der Waals surface area contributed by atoms with Crippen LogP contribution in [0.4, 0.5) is 0 Å². The first-order chi connectivity index (χ1) is 29.7. The minimum atomic E-state index is -0.490. The number of aromatic nitrogens is 3. The molecule has 0 fully saturated rings. The summed E-state index contributed by atoms with van der Waals surface area (Å²) in [4.78, 5) is 5.14. The Kier molecular flexibility index (Phi) is 7.61. The number of methoxy groups -OCH3 is 1. The summed E-state index contributed by atoms with van der Waals surface area (Å²) in [5.74, 6) is 1.82. The van der Waals surface area contributed by atoms with E-state index in [0.717, 1.165) is 45.9 Å². The van der Waals surface area contributed by atoms with Gasteiger partial charge in [0.15, 0.2) is 11.9 Å². The summed E-state index contributed by atoms with van der Waals surface area (Å²) in [5.41, 5.74) is 20.1. The smallest absolute Gasteiger partial charge is 0.255 e. The van der Waals surface area contributed by atoms with E-state index in [1.54, 1.807) is 7.11 Å². The second kappa shape index (κ2) is 13.2. The number of hydrogen-bond acceptors (Lipinski definition) is 2. The maximum absolute atomic E-state index is 5.92. The van der Waals surface area contributed by atoms with E-state index in [1.165, 1.54) is 72.1 Å². The van der Waals surface area contributed by atoms with E-state index in [0.29, 0.717) is 0 Å². The number of nitrogens with zero attached hydrogens (tertiary/aromatic N) is 3. The zero-order chi connectivity index (χ0) is 40.0. The lowest BCUT2D eigenvalue weighted by molar-refractivity contribution is -0.668. The molecule has 1 unspecified atom stereocenters. The minimum Gasteiger partial charge on any atom is -0.490 e. The molecule has 2 aliphatic rings. The third kappa shape index (κ3) is 4.79. The van der Waals surface area contributed by atoms with E-state index in [-0.39, 0.29) is 0 Å². The van der Waals surface area contributed by atoms with Crippen LogP contribution in [-0.4, -0.2) is 16.7 Å². The Balaban J connectivity index is 1.04. The number of rotatable bonds is 6. The molecule has 1 spiro atoms. The standard InChI is InChI=1S/C56H40N3O/c1-3-58-33-13-18-46-41(31-32-53(60-2)54(46)58)39-28-30-45-43-17-8-10-20-48(43)56(50(45)35-39)47-19-9-7-16-42(47)44-29-27-38(34-49(44)56)36-23-25-37(26-24-36)55-57-51-21-11-12-22-52(51)59(55)40-14-5-4-6-15-40/h4-35H,3H2,1-2H3/q+1. The highest BCUT2D eigenvalue weighted by Gasteiger charge is 2.51. The highest BCUT2D eigenvalue weighted by atomic mass is 16.5. The van der Waals surface area contributed by atoms with Crippen LogP contribution in [-0.2, 0) is 12.0 Å². The van der Waals surface area contributed by atoms with Crippen LogP contribution < -0.4 is 9.30 Å². The van der Waals surface area contributed by atoms with Crippen molar-refractivity contribution in [2.45, 2.75) is 18.9 Å². The van der Waals surface area contributed by atoms with Gasteiger partial charge in [0.2, 0.25) is 0 Å². The lowest BCUT2D eigenvalue weighted by Crippen LogP contribution is -2.32. The lowest BCUT2D eigenvalue weighted by Gasteiger charge is -2.31. The molecular weight excluding hydrogens is 731 g/mol. The van der Waals surface area contributed by atoms with E-state index in [4.69, 9.17) is 9.72 Å². The van der Waals surface area contributed by atoms with Crippen molar-refractivity contribution < 1.29 is 9.30 Å². The minimum absolute atomic E-state index is 0.490. The predicted octanol–water partition coefficient (Wildman–Crippen LogP) is 12.8. The van der Waals surface area contributed by atoms with Gasteiger partial charge in [-0.3, -0.25) is 4.57 Å². The van der Waals surface area contributed by atoms with Gasteiger partial charge in [-0.2, -0.15) is 4.57 Å². The van der Waals surface area contributed by atoms with Crippen LogP contribution in [0.3, 0.4) is 0 Å². The molecule has 2 aliphatic carbocycles. The second-order valence-electron chi connectivity index (χ2n) is 15.9. The molecule has 0 N–H and O–H groups in total. The molecular formula is C56H40N3O+. The van der Waals surface area contributed by atoms with Crippen LogP contribution >= 0.6 is 0 Å². The van der Waals surface area contributed by atoms with Gasteiger partial charge >= 0.3 is 0 Å². The topological polar surface area (TPSA) is 30.9 Å². The first-order valence-corrected chi connectivity index (χ1v) is 20.8. The fraction of sp³-hybridized carbons (Fsp3) is 0.0714. The zero-order valence-electron chi connectivity index (χ0n) is 33.4. The quantitative estimate of drug-likeness (QED) is 0.158. The van der Waals surface area contributed by atoms with Crippen LogP contribution in [0.2, 0.25) is 0 Å². The number of fused-ring (bicyclic) bond motifs is 12. The second-order valence-corrected chi connectivity index (χ2v) is 15.9. The van der Waals surface area contributed by atoms with Crippen LogP contribution in [0.5, 0.6) is 5.75 Å². The molecule has 60 heavy (non-hydrogen) atoms. The normalized spacial score (nSPS) is 14.6. The monoisotopic (exact) mass is 770 g/mol. The molecule has 0 amide bonds. The van der Waals surface area contributed by atoms with Crippen molar-refractivity contribution in [1.82, 2.24) is 9.55 Å². The predicted molar refractivity (Wildman–Crippen MR) is 244 cm³/mol. The third-order valence-electron chi connectivity index (χ3n) is 13.0. The van der Waals surface area contributed by atoms with Crippen LogP contribution in [0, 0.1) is 0 Å². The van der Waals surface area contributed by atoms with Crippen molar-refractivity contribution in [2.24, 2.45) is 0 Å². The lowest BCUT2D eigenvalue weighted by atomic mass is 9.70. The van der Waals surface area contributed by atoms with Crippen molar-refractivity contribution >= 4 is 21.9 Å². The molecule has 1 atom stereocenters. The van der Waals surface area contributed by atoms with Gasteiger partial charge in [0.05, 0.1) is 28.9 Å². The summed E-state index contributed by atoms with van der Waals surface area (Å²) in [7, 11) is 1.76. The highest BCUT2D eigenvalue weighted by Crippen LogP contribution is 2.63. The molecule has 0 saturated heterocycles. The maximum atomic E-state index is 5.92. The van der Waals surface area contributed by atoms with Crippen molar-refractivity contribution in [3.8, 4) is 67.3 Å². The highest BCUT2D eigenvalue weighted by molar-refractivity contribution is 6.00. The van der Waals surface area contributed by atoms with E-state index in [1.807, 2.05) is 0 Å². The van der Waals surface area contributed by atoms with Crippen LogP contribution in [0.25, 0.3) is 83.5 Å². The third-order valence-corrected chi connectivity index (χ3v) is 13.0. The summed E-state index contributed by atoms with van der Waals surface area (Å²) >= 11 is 0. The number of hydrogen-bond donors (Lipinski definition) is 0. The Morgan fingerprint density at radius 3 is 1.82 bits per heavy atom. The van der Waals surface area contributed by atoms with Crippen LogP contribution in [0.1, 0.15) is 29.2 Å². The number of ether oxygens (including phenoxy) is 1. The van der Waals surface area contributed by atoms with Gasteiger partial charge in [-0.15, -0.1) is 0 Å². The Morgan fingerprint density at radius 2 is 1.10 bits per heavy atom. The summed E-state index contributed by atoms with van der Waals surface area (Å²) in [6.45, 7) is 3.04. The fourth-order valence-electron chi connectivity index (χ4n) is 10.4. The van der Waals surface area contributed by atoms with E-state index < -0.39 is 5.41 Å². The zero-order valence-corrected chi connectivity index (χ0v) is 33.4. The maximum Gasteiger partial charge on any atom is 0.255 e. The summed E-state index contributed by atoms with van der Waals surface area (Å²) in [6.07, 6.45) is 2.14. The Labute approximate surface area is 349 Å². The van der Waals surface area contributed by atoms with Gasteiger partial charge in [-0.1, -0.05) is 127 Å². The fourth-order valence-corrected chi connectivity index (χ4v) is 10.4. The first-order valence-electron chi connectivity index (χ1n) is 20.8. The molecule has 12 rings (SSSR count). The van der Waals surface area contributed by atoms with Crippen molar-refractivity contribution in [3.63, 3.8) is 0 Å². The summed E-state index contributed by atoms with van der Waals surface area (Å²) < 4.78 is 10.5. The SMILES string of the molecule is CC[n+]1cccc2c(-c3ccc4c(c3)C3(c5ccccc5-c5ccc(-c6ccc(-c7nc8ccccc8n7-c7ccccc7)cc6)cc53)c3ccccc3-4)ccc(OC)c21. The van der Waals surface area contributed by atoms with Gasteiger partial charge in [0, 0.05) is 17.3 Å².